The normalized spacial score (nSPS) is 14.7. The summed E-state index contributed by atoms with van der Waals surface area (Å²) in [6, 6.07) is 15.3. The molecule has 7 nitrogen and oxygen atoms in total. The van der Waals surface area contributed by atoms with Gasteiger partial charge in [0.25, 0.3) is 10.0 Å². The summed E-state index contributed by atoms with van der Waals surface area (Å²) < 4.78 is 29.2. The highest BCUT2D eigenvalue weighted by Crippen LogP contribution is 2.31. The Kier molecular flexibility index (Phi) is 11.0. The second-order valence-electron chi connectivity index (χ2n) is 11.0. The van der Waals surface area contributed by atoms with Gasteiger partial charge >= 0.3 is 0 Å². The Balaban J connectivity index is 1.73. The molecule has 1 aliphatic carbocycles. The first-order valence-electron chi connectivity index (χ1n) is 14.3. The van der Waals surface area contributed by atoms with Crippen molar-refractivity contribution in [2.24, 2.45) is 0 Å². The summed E-state index contributed by atoms with van der Waals surface area (Å²) in [5.41, 5.74) is 2.23. The molecule has 1 N–H and O–H groups in total. The number of carbonyl (C=O) groups excluding carboxylic acids is 2. The molecule has 0 saturated heterocycles. The molecule has 43 heavy (non-hydrogen) atoms. The number of rotatable bonds is 10. The van der Waals surface area contributed by atoms with Crippen LogP contribution in [0.2, 0.25) is 15.1 Å². The number of sulfonamides is 1. The molecule has 0 heterocycles. The van der Waals surface area contributed by atoms with Crippen molar-refractivity contribution in [3.63, 3.8) is 0 Å². The Morgan fingerprint density at radius 1 is 0.930 bits per heavy atom. The Morgan fingerprint density at radius 3 is 2.16 bits per heavy atom. The third kappa shape index (κ3) is 8.04. The van der Waals surface area contributed by atoms with Crippen molar-refractivity contribution in [1.82, 2.24) is 10.2 Å². The van der Waals surface area contributed by atoms with Gasteiger partial charge in [-0.3, -0.25) is 13.9 Å². The van der Waals surface area contributed by atoms with Crippen LogP contribution in [0.4, 0.5) is 5.69 Å². The van der Waals surface area contributed by atoms with E-state index >= 15 is 0 Å². The molecule has 1 saturated carbocycles. The lowest BCUT2D eigenvalue weighted by molar-refractivity contribution is -0.139. The number of aryl methyl sites for hydroxylation is 2. The van der Waals surface area contributed by atoms with Crippen LogP contribution in [0.3, 0.4) is 0 Å². The number of amides is 2. The van der Waals surface area contributed by atoms with Gasteiger partial charge in [-0.05, 0) is 81.6 Å². The molecule has 0 spiro atoms. The molecule has 0 unspecified atom stereocenters. The van der Waals surface area contributed by atoms with Crippen LogP contribution in [0.1, 0.15) is 55.7 Å². The van der Waals surface area contributed by atoms with E-state index in [9.17, 15) is 18.0 Å². The largest absolute Gasteiger partial charge is 0.352 e. The Labute approximate surface area is 269 Å². The summed E-state index contributed by atoms with van der Waals surface area (Å²) in [7, 11) is -4.20. The molecular weight excluding hydrogens is 629 g/mol. The summed E-state index contributed by atoms with van der Waals surface area (Å²) in [5.74, 6) is -0.911. The Bertz CT molecular complexity index is 1550. The molecule has 1 aliphatic rings. The molecule has 230 valence electrons. The van der Waals surface area contributed by atoms with Crippen molar-refractivity contribution < 1.29 is 18.0 Å². The third-order valence-electron chi connectivity index (χ3n) is 7.82. The number of hydrogen-bond donors (Lipinski definition) is 1. The minimum Gasteiger partial charge on any atom is -0.352 e. The molecular formula is C32H36Cl3N3O4S. The molecule has 3 aromatic carbocycles. The summed E-state index contributed by atoms with van der Waals surface area (Å²) in [6.07, 6.45) is 4.95. The van der Waals surface area contributed by atoms with Crippen LogP contribution in [-0.4, -0.2) is 43.8 Å². The topological polar surface area (TPSA) is 86.8 Å². The molecule has 4 rings (SSSR count). The van der Waals surface area contributed by atoms with Gasteiger partial charge in [-0.1, -0.05) is 77.8 Å². The first kappa shape index (κ1) is 33.1. The third-order valence-corrected chi connectivity index (χ3v) is 10.5. The second-order valence-corrected chi connectivity index (χ2v) is 14.1. The van der Waals surface area contributed by atoms with Crippen molar-refractivity contribution in [1.29, 1.82) is 0 Å². The Morgan fingerprint density at radius 2 is 1.56 bits per heavy atom. The van der Waals surface area contributed by atoms with Crippen LogP contribution < -0.4 is 9.62 Å². The van der Waals surface area contributed by atoms with Gasteiger partial charge in [0.1, 0.15) is 12.6 Å². The molecule has 0 aromatic heterocycles. The van der Waals surface area contributed by atoms with Gasteiger partial charge in [0.2, 0.25) is 11.8 Å². The number of carbonyl (C=O) groups is 2. The predicted molar refractivity (Wildman–Crippen MR) is 173 cm³/mol. The predicted octanol–water partition coefficient (Wildman–Crippen LogP) is 7.33. The Hall–Kier alpha value is -2.78. The van der Waals surface area contributed by atoms with E-state index < -0.39 is 28.5 Å². The highest BCUT2D eigenvalue weighted by atomic mass is 35.5. The smallest absolute Gasteiger partial charge is 0.264 e. The second kappa shape index (κ2) is 14.3. The van der Waals surface area contributed by atoms with Gasteiger partial charge in [-0.15, -0.1) is 0 Å². The van der Waals surface area contributed by atoms with E-state index in [0.29, 0.717) is 31.9 Å². The van der Waals surface area contributed by atoms with E-state index in [1.54, 1.807) is 62.4 Å². The zero-order valence-electron chi connectivity index (χ0n) is 24.4. The van der Waals surface area contributed by atoms with E-state index in [2.05, 4.69) is 5.32 Å². The fourth-order valence-corrected chi connectivity index (χ4v) is 7.48. The van der Waals surface area contributed by atoms with Crippen molar-refractivity contribution in [2.45, 2.75) is 76.4 Å². The van der Waals surface area contributed by atoms with Gasteiger partial charge in [-0.2, -0.15) is 0 Å². The van der Waals surface area contributed by atoms with Crippen LogP contribution in [0, 0.1) is 13.8 Å². The lowest BCUT2D eigenvalue weighted by Gasteiger charge is -2.34. The number of anilines is 1. The number of halogens is 3. The maximum atomic E-state index is 14.2. The summed E-state index contributed by atoms with van der Waals surface area (Å²) in [4.78, 5) is 29.1. The van der Waals surface area contributed by atoms with Crippen molar-refractivity contribution in [2.75, 3.05) is 10.8 Å². The number of nitrogens with zero attached hydrogens (tertiary/aromatic N) is 2. The average molecular weight is 665 g/mol. The van der Waals surface area contributed by atoms with Gasteiger partial charge < -0.3 is 10.2 Å². The van der Waals surface area contributed by atoms with Crippen LogP contribution in [0.15, 0.2) is 65.6 Å². The molecule has 2 amide bonds. The number of nitrogens with one attached hydrogen (secondary N) is 1. The van der Waals surface area contributed by atoms with E-state index in [4.69, 9.17) is 34.8 Å². The van der Waals surface area contributed by atoms with Gasteiger partial charge in [0.15, 0.2) is 0 Å². The molecule has 1 atom stereocenters. The molecule has 0 aliphatic heterocycles. The average Bonchev–Trinajstić information content (AvgIpc) is 2.96. The lowest BCUT2D eigenvalue weighted by atomic mass is 9.95. The van der Waals surface area contributed by atoms with Crippen molar-refractivity contribution in [3.05, 3.63) is 92.4 Å². The fourth-order valence-electron chi connectivity index (χ4n) is 5.25. The van der Waals surface area contributed by atoms with Gasteiger partial charge in [0, 0.05) is 33.2 Å². The maximum absolute atomic E-state index is 14.2. The van der Waals surface area contributed by atoms with Crippen LogP contribution >= 0.6 is 34.8 Å². The van der Waals surface area contributed by atoms with E-state index in [-0.39, 0.29) is 23.4 Å². The highest BCUT2D eigenvalue weighted by Gasteiger charge is 2.34. The standard InChI is InChI=1S/C32H36Cl3N3O4S/c1-21-12-15-26(16-13-21)43(41,42)38(30-17-14-24(33)18-22(30)2)20-31(39)37(19-27-28(34)10-7-11-29(27)35)23(3)32(40)36-25-8-5-4-6-9-25/h7,10-18,23,25H,4-6,8-9,19-20H2,1-3H3,(H,36,40)/t23-/m1/s1. The summed E-state index contributed by atoms with van der Waals surface area (Å²) >= 11 is 19.1. The zero-order chi connectivity index (χ0) is 31.3. The van der Waals surface area contributed by atoms with Crippen molar-refractivity contribution >= 4 is 62.3 Å². The van der Waals surface area contributed by atoms with E-state index in [1.807, 2.05) is 6.92 Å². The number of benzene rings is 3. The van der Waals surface area contributed by atoms with Crippen LogP contribution in [-0.2, 0) is 26.2 Å². The number of hydrogen-bond acceptors (Lipinski definition) is 4. The van der Waals surface area contributed by atoms with E-state index in [0.717, 1.165) is 42.0 Å². The highest BCUT2D eigenvalue weighted by molar-refractivity contribution is 7.92. The van der Waals surface area contributed by atoms with Crippen molar-refractivity contribution in [3.8, 4) is 0 Å². The van der Waals surface area contributed by atoms with Gasteiger partial charge in [0.05, 0.1) is 10.6 Å². The lowest BCUT2D eigenvalue weighted by Crippen LogP contribution is -2.53. The maximum Gasteiger partial charge on any atom is 0.264 e. The summed E-state index contributed by atoms with van der Waals surface area (Å²) in [5, 5.41) is 4.19. The first-order chi connectivity index (χ1) is 20.4. The zero-order valence-corrected chi connectivity index (χ0v) is 27.5. The first-order valence-corrected chi connectivity index (χ1v) is 16.8. The minimum absolute atomic E-state index is 0.0275. The molecule has 0 radical (unpaired) electrons. The minimum atomic E-state index is -4.20. The fraction of sp³-hybridized carbons (Fsp3) is 0.375. The van der Waals surface area contributed by atoms with E-state index in [1.165, 1.54) is 17.0 Å². The molecule has 1 fully saturated rings. The monoisotopic (exact) mass is 663 g/mol. The van der Waals surface area contributed by atoms with Crippen LogP contribution in [0.5, 0.6) is 0 Å². The molecule has 0 bridgehead atoms. The molecule has 3 aromatic rings. The van der Waals surface area contributed by atoms with Gasteiger partial charge in [-0.25, -0.2) is 8.42 Å². The SMILES string of the molecule is Cc1ccc(S(=O)(=O)N(CC(=O)N(Cc2c(Cl)cccc2Cl)[C@H](C)C(=O)NC2CCCCC2)c2ccc(Cl)cc2C)cc1. The quantitative estimate of drug-likeness (QED) is 0.246. The van der Waals surface area contributed by atoms with Crippen LogP contribution in [0.25, 0.3) is 0 Å². The molecule has 11 heteroatoms. The summed E-state index contributed by atoms with van der Waals surface area (Å²) in [6.45, 7) is 4.56.